The number of hydrogen-bond donors (Lipinski definition) is 1. The second kappa shape index (κ2) is 15.8. The Morgan fingerprint density at radius 3 is 1.65 bits per heavy atom. The summed E-state index contributed by atoms with van der Waals surface area (Å²) in [6.45, 7) is 2.27. The molecule has 0 fully saturated rings. The summed E-state index contributed by atoms with van der Waals surface area (Å²) in [5.74, 6) is 0. The van der Waals surface area contributed by atoms with E-state index in [1.165, 1.54) is 76.2 Å². The molecule has 2 nitrogen and oxygen atoms in total. The predicted octanol–water partition coefficient (Wildman–Crippen LogP) is 5.47. The van der Waals surface area contributed by atoms with E-state index in [1.54, 1.807) is 12.1 Å². The zero-order valence-electron chi connectivity index (χ0n) is 14.1. The molecule has 0 aliphatic rings. The average Bonchev–Trinajstić information content (AvgIpc) is 2.53. The van der Waals surface area contributed by atoms with Crippen molar-refractivity contribution >= 4 is 40.6 Å². The van der Waals surface area contributed by atoms with Crippen LogP contribution in [0.25, 0.3) is 0 Å². The van der Waals surface area contributed by atoms with Crippen LogP contribution < -0.4 is 0 Å². The van der Waals surface area contributed by atoms with Gasteiger partial charge in [-0.15, -0.1) is 0 Å². The minimum atomic E-state index is -1.85. The molecule has 0 spiro atoms. The standard InChI is InChI=1S/C19H32O2S.Na.H/c1-2-3-4-5-6-7-8-9-10-11-12-13-18-14-16-19(17-15-18)22(20)21;;/h14-17H,2-13H2,1H3,(H,20,21);;. The zero-order valence-corrected chi connectivity index (χ0v) is 14.9. The molecule has 1 N–H and O–H groups in total. The fourth-order valence-electron chi connectivity index (χ4n) is 2.77. The van der Waals surface area contributed by atoms with Crippen LogP contribution in [-0.2, 0) is 17.5 Å². The van der Waals surface area contributed by atoms with E-state index in [4.69, 9.17) is 4.55 Å². The first kappa shape index (κ1) is 23.3. The second-order valence-electron chi connectivity index (χ2n) is 6.18. The zero-order chi connectivity index (χ0) is 16.0. The molecular formula is C19H33NaO2S. The van der Waals surface area contributed by atoms with E-state index in [-0.39, 0.29) is 29.6 Å². The normalized spacial score (nSPS) is 11.9. The number of rotatable bonds is 13. The van der Waals surface area contributed by atoms with Crippen LogP contribution in [0.4, 0.5) is 0 Å². The van der Waals surface area contributed by atoms with Crippen LogP contribution in [0.2, 0.25) is 0 Å². The second-order valence-corrected chi connectivity index (χ2v) is 7.15. The van der Waals surface area contributed by atoms with Crippen LogP contribution in [0.5, 0.6) is 0 Å². The summed E-state index contributed by atoms with van der Waals surface area (Å²) < 4.78 is 19.8. The average molecular weight is 349 g/mol. The Hall–Kier alpha value is 0.330. The molecule has 0 aliphatic heterocycles. The first-order valence-corrected chi connectivity index (χ1v) is 10.0. The van der Waals surface area contributed by atoms with Crippen LogP contribution >= 0.6 is 0 Å². The van der Waals surface area contributed by atoms with E-state index in [9.17, 15) is 4.21 Å². The van der Waals surface area contributed by atoms with Gasteiger partial charge in [0.25, 0.3) is 0 Å². The van der Waals surface area contributed by atoms with Gasteiger partial charge in [-0.3, -0.25) is 0 Å². The number of benzene rings is 1. The summed E-state index contributed by atoms with van der Waals surface area (Å²) in [6.07, 6.45) is 16.1. The van der Waals surface area contributed by atoms with Crippen molar-refractivity contribution in [3.63, 3.8) is 0 Å². The monoisotopic (exact) mass is 348 g/mol. The molecule has 0 radical (unpaired) electrons. The number of unbranched alkanes of at least 4 members (excludes halogenated alkanes) is 10. The molecule has 0 heterocycles. The van der Waals surface area contributed by atoms with E-state index >= 15 is 0 Å². The minimum absolute atomic E-state index is 0. The van der Waals surface area contributed by atoms with E-state index in [0.29, 0.717) is 4.90 Å². The van der Waals surface area contributed by atoms with Crippen molar-refractivity contribution in [2.75, 3.05) is 0 Å². The van der Waals surface area contributed by atoms with Crippen LogP contribution in [0, 0.1) is 0 Å². The van der Waals surface area contributed by atoms with E-state index in [1.807, 2.05) is 12.1 Å². The van der Waals surface area contributed by atoms with Gasteiger partial charge in [-0.05, 0) is 30.5 Å². The molecule has 1 unspecified atom stereocenters. The van der Waals surface area contributed by atoms with Gasteiger partial charge in [0.05, 0.1) is 4.90 Å². The quantitative estimate of drug-likeness (QED) is 0.291. The summed E-state index contributed by atoms with van der Waals surface area (Å²) in [7, 11) is 0. The van der Waals surface area contributed by atoms with Gasteiger partial charge in [0.1, 0.15) is 0 Å². The molecule has 0 saturated heterocycles. The molecule has 23 heavy (non-hydrogen) atoms. The SMILES string of the molecule is CCCCCCCCCCCCCc1ccc(S(=O)O)cc1.[NaH]. The van der Waals surface area contributed by atoms with Crippen molar-refractivity contribution in [1.82, 2.24) is 0 Å². The summed E-state index contributed by atoms with van der Waals surface area (Å²) in [5.41, 5.74) is 1.27. The first-order chi connectivity index (χ1) is 10.7. The van der Waals surface area contributed by atoms with Gasteiger partial charge >= 0.3 is 29.6 Å². The van der Waals surface area contributed by atoms with Crippen molar-refractivity contribution in [3.8, 4) is 0 Å². The van der Waals surface area contributed by atoms with Crippen molar-refractivity contribution in [2.45, 2.75) is 88.9 Å². The maximum atomic E-state index is 10.9. The van der Waals surface area contributed by atoms with Crippen molar-refractivity contribution in [3.05, 3.63) is 29.8 Å². The Bertz CT molecular complexity index is 406. The summed E-state index contributed by atoms with van der Waals surface area (Å²) in [4.78, 5) is 0.489. The molecular weight excluding hydrogens is 315 g/mol. The van der Waals surface area contributed by atoms with Crippen LogP contribution in [0.15, 0.2) is 29.2 Å². The van der Waals surface area contributed by atoms with Crippen LogP contribution in [-0.4, -0.2) is 38.3 Å². The Kier molecular flexibility index (Phi) is 16.1. The van der Waals surface area contributed by atoms with Gasteiger partial charge in [0, 0.05) is 0 Å². The van der Waals surface area contributed by atoms with E-state index in [2.05, 4.69) is 6.92 Å². The van der Waals surface area contributed by atoms with E-state index < -0.39 is 11.1 Å². The number of hydrogen-bond acceptors (Lipinski definition) is 1. The molecule has 1 atom stereocenters. The molecule has 0 saturated carbocycles. The fourth-order valence-corrected chi connectivity index (χ4v) is 3.13. The first-order valence-electron chi connectivity index (χ1n) is 8.94. The molecule has 0 bridgehead atoms. The van der Waals surface area contributed by atoms with Gasteiger partial charge in [0.15, 0.2) is 11.1 Å². The molecule has 1 rings (SSSR count). The molecule has 0 aliphatic carbocycles. The van der Waals surface area contributed by atoms with Gasteiger partial charge in [-0.25, -0.2) is 4.21 Å². The van der Waals surface area contributed by atoms with Crippen LogP contribution in [0.1, 0.15) is 83.1 Å². The molecule has 0 aromatic heterocycles. The molecule has 128 valence electrons. The topological polar surface area (TPSA) is 37.3 Å². The summed E-state index contributed by atoms with van der Waals surface area (Å²) in [5, 5.41) is 0. The van der Waals surface area contributed by atoms with Crippen molar-refractivity contribution in [1.29, 1.82) is 0 Å². The Morgan fingerprint density at radius 2 is 1.22 bits per heavy atom. The van der Waals surface area contributed by atoms with Gasteiger partial charge in [0.2, 0.25) is 0 Å². The van der Waals surface area contributed by atoms with Gasteiger partial charge in [-0.1, -0.05) is 83.3 Å². The Balaban J connectivity index is 0.00000484. The third-order valence-corrected chi connectivity index (χ3v) is 4.87. The van der Waals surface area contributed by atoms with Gasteiger partial charge in [-0.2, -0.15) is 0 Å². The predicted molar refractivity (Wildman–Crippen MR) is 103 cm³/mol. The van der Waals surface area contributed by atoms with E-state index in [0.717, 1.165) is 6.42 Å². The summed E-state index contributed by atoms with van der Waals surface area (Å²) >= 11 is -1.85. The molecule has 1 aromatic rings. The maximum absolute atomic E-state index is 10.9. The Labute approximate surface area is 167 Å². The van der Waals surface area contributed by atoms with Gasteiger partial charge < -0.3 is 4.55 Å². The summed E-state index contributed by atoms with van der Waals surface area (Å²) in [6, 6.07) is 7.45. The third kappa shape index (κ3) is 12.4. The number of aryl methyl sites for hydroxylation is 1. The van der Waals surface area contributed by atoms with Crippen LogP contribution in [0.3, 0.4) is 0 Å². The third-order valence-electron chi connectivity index (χ3n) is 4.19. The molecule has 0 amide bonds. The van der Waals surface area contributed by atoms with Crippen molar-refractivity contribution in [2.24, 2.45) is 0 Å². The Morgan fingerprint density at radius 1 is 0.783 bits per heavy atom. The fraction of sp³-hybridized carbons (Fsp3) is 0.684. The van der Waals surface area contributed by atoms with Crippen molar-refractivity contribution < 1.29 is 8.76 Å². The molecule has 4 heteroatoms. The molecule has 1 aromatic carbocycles.